The van der Waals surface area contributed by atoms with Crippen LogP contribution >= 0.6 is 11.3 Å². The Morgan fingerprint density at radius 2 is 1.97 bits per heavy atom. The van der Waals surface area contributed by atoms with Gasteiger partial charge in [-0.1, -0.05) is 19.9 Å². The first-order valence-corrected chi connectivity index (χ1v) is 10.8. The van der Waals surface area contributed by atoms with Gasteiger partial charge in [0, 0.05) is 17.0 Å². The summed E-state index contributed by atoms with van der Waals surface area (Å²) in [6.07, 6.45) is 4.10. The smallest absolute Gasteiger partial charge is 0.250 e. The highest BCUT2D eigenvalue weighted by Crippen LogP contribution is 2.29. The SMILES string of the molecule is COc1cc(C=CC(=O)Nc2nc(-c3ccc(F)cc3)cs2)ccc1OCCC(C)C. The molecule has 3 aromatic rings. The highest BCUT2D eigenvalue weighted by molar-refractivity contribution is 7.14. The number of anilines is 1. The Kier molecular flexibility index (Phi) is 7.78. The average molecular weight is 441 g/mol. The number of ether oxygens (including phenoxy) is 2. The third kappa shape index (κ3) is 6.65. The predicted octanol–water partition coefficient (Wildman–Crippen LogP) is 6.03. The molecular formula is C24H25FN2O3S. The summed E-state index contributed by atoms with van der Waals surface area (Å²) in [5.41, 5.74) is 2.29. The molecule has 0 aliphatic carbocycles. The van der Waals surface area contributed by atoms with Crippen molar-refractivity contribution in [1.29, 1.82) is 0 Å². The summed E-state index contributed by atoms with van der Waals surface area (Å²) < 4.78 is 24.3. The number of methoxy groups -OCH3 is 1. The molecule has 162 valence electrons. The molecule has 0 saturated heterocycles. The molecule has 0 atom stereocenters. The van der Waals surface area contributed by atoms with Gasteiger partial charge in [-0.2, -0.15) is 0 Å². The highest BCUT2D eigenvalue weighted by Gasteiger charge is 2.08. The number of hydrogen-bond donors (Lipinski definition) is 1. The van der Waals surface area contributed by atoms with Crippen molar-refractivity contribution in [3.8, 4) is 22.8 Å². The summed E-state index contributed by atoms with van der Waals surface area (Å²) in [6.45, 7) is 4.92. The minimum absolute atomic E-state index is 0.295. The number of thiazole rings is 1. The Balaban J connectivity index is 1.60. The normalized spacial score (nSPS) is 11.1. The number of rotatable bonds is 9. The maximum absolute atomic E-state index is 13.1. The van der Waals surface area contributed by atoms with Gasteiger partial charge in [0.2, 0.25) is 5.91 Å². The second-order valence-electron chi connectivity index (χ2n) is 7.31. The number of nitrogens with zero attached hydrogens (tertiary/aromatic N) is 1. The topological polar surface area (TPSA) is 60.5 Å². The number of hydrogen-bond acceptors (Lipinski definition) is 5. The minimum Gasteiger partial charge on any atom is -0.493 e. The predicted molar refractivity (Wildman–Crippen MR) is 123 cm³/mol. The van der Waals surface area contributed by atoms with Crippen molar-refractivity contribution in [1.82, 2.24) is 4.98 Å². The molecule has 5 nitrogen and oxygen atoms in total. The molecule has 1 N–H and O–H groups in total. The van der Waals surface area contributed by atoms with Crippen molar-refractivity contribution >= 4 is 28.5 Å². The van der Waals surface area contributed by atoms with E-state index in [-0.39, 0.29) is 11.7 Å². The van der Waals surface area contributed by atoms with Crippen LogP contribution in [-0.2, 0) is 4.79 Å². The largest absolute Gasteiger partial charge is 0.493 e. The fraction of sp³-hybridized carbons (Fsp3) is 0.250. The van der Waals surface area contributed by atoms with Crippen molar-refractivity contribution in [3.63, 3.8) is 0 Å². The van der Waals surface area contributed by atoms with E-state index in [2.05, 4.69) is 24.1 Å². The lowest BCUT2D eigenvalue weighted by molar-refractivity contribution is -0.111. The molecule has 1 amide bonds. The lowest BCUT2D eigenvalue weighted by atomic mass is 10.1. The van der Waals surface area contributed by atoms with Crippen molar-refractivity contribution in [3.05, 3.63) is 65.3 Å². The molecule has 0 saturated carbocycles. The molecule has 0 aliphatic heterocycles. The average Bonchev–Trinajstić information content (AvgIpc) is 3.21. The monoisotopic (exact) mass is 440 g/mol. The maximum atomic E-state index is 13.1. The molecule has 0 fully saturated rings. The maximum Gasteiger partial charge on any atom is 0.250 e. The molecule has 7 heteroatoms. The molecular weight excluding hydrogens is 415 g/mol. The van der Waals surface area contributed by atoms with Gasteiger partial charge in [-0.25, -0.2) is 9.37 Å². The van der Waals surface area contributed by atoms with Crippen LogP contribution in [0.2, 0.25) is 0 Å². The fourth-order valence-electron chi connectivity index (χ4n) is 2.72. The second kappa shape index (κ2) is 10.7. The van der Waals surface area contributed by atoms with Crippen LogP contribution in [0.1, 0.15) is 25.8 Å². The van der Waals surface area contributed by atoms with E-state index in [1.165, 1.54) is 29.5 Å². The Hall–Kier alpha value is -3.19. The summed E-state index contributed by atoms with van der Waals surface area (Å²) in [6, 6.07) is 11.6. The zero-order chi connectivity index (χ0) is 22.2. The number of carbonyl (C=O) groups excluding carboxylic acids is 1. The molecule has 1 aromatic heterocycles. The van der Waals surface area contributed by atoms with Crippen LogP contribution in [0, 0.1) is 11.7 Å². The summed E-state index contributed by atoms with van der Waals surface area (Å²) in [7, 11) is 1.59. The lowest BCUT2D eigenvalue weighted by Gasteiger charge is -2.12. The summed E-state index contributed by atoms with van der Waals surface area (Å²) >= 11 is 1.31. The molecule has 0 radical (unpaired) electrons. The van der Waals surface area contributed by atoms with E-state index in [1.807, 2.05) is 23.6 Å². The van der Waals surface area contributed by atoms with E-state index in [0.717, 1.165) is 17.5 Å². The number of amides is 1. The van der Waals surface area contributed by atoms with Crippen molar-refractivity contribution < 1.29 is 18.7 Å². The van der Waals surface area contributed by atoms with Gasteiger partial charge in [0.25, 0.3) is 0 Å². The van der Waals surface area contributed by atoms with Crippen LogP contribution in [0.5, 0.6) is 11.5 Å². The van der Waals surface area contributed by atoms with Gasteiger partial charge >= 0.3 is 0 Å². The second-order valence-corrected chi connectivity index (χ2v) is 8.17. The molecule has 0 aliphatic rings. The van der Waals surface area contributed by atoms with Gasteiger partial charge in [0.1, 0.15) is 5.82 Å². The van der Waals surface area contributed by atoms with Gasteiger partial charge in [-0.05, 0) is 60.4 Å². The number of aromatic nitrogens is 1. The minimum atomic E-state index is -0.301. The summed E-state index contributed by atoms with van der Waals surface area (Å²) in [5.74, 6) is 1.27. The number of nitrogens with one attached hydrogen (secondary N) is 1. The Labute approximate surface area is 185 Å². The lowest BCUT2D eigenvalue weighted by Crippen LogP contribution is -2.07. The highest BCUT2D eigenvalue weighted by atomic mass is 32.1. The first-order valence-electron chi connectivity index (χ1n) is 9.96. The first-order chi connectivity index (χ1) is 14.9. The van der Waals surface area contributed by atoms with E-state index in [4.69, 9.17) is 9.47 Å². The van der Waals surface area contributed by atoms with Crippen molar-refractivity contribution in [2.24, 2.45) is 5.92 Å². The van der Waals surface area contributed by atoms with Crippen molar-refractivity contribution in [2.45, 2.75) is 20.3 Å². The summed E-state index contributed by atoms with van der Waals surface area (Å²) in [4.78, 5) is 16.6. The van der Waals surface area contributed by atoms with E-state index in [0.29, 0.717) is 34.8 Å². The van der Waals surface area contributed by atoms with Gasteiger partial charge < -0.3 is 9.47 Å². The molecule has 1 heterocycles. The van der Waals surface area contributed by atoms with E-state index >= 15 is 0 Å². The van der Waals surface area contributed by atoms with E-state index < -0.39 is 0 Å². The van der Waals surface area contributed by atoms with Crippen LogP contribution in [0.4, 0.5) is 9.52 Å². The molecule has 0 unspecified atom stereocenters. The van der Waals surface area contributed by atoms with Gasteiger partial charge in [0.05, 0.1) is 19.4 Å². The number of halogens is 1. The van der Waals surface area contributed by atoms with Crippen LogP contribution in [0.15, 0.2) is 53.9 Å². The number of benzene rings is 2. The molecule has 2 aromatic carbocycles. The molecule has 0 spiro atoms. The Morgan fingerprint density at radius 1 is 1.19 bits per heavy atom. The third-order valence-corrected chi connectivity index (χ3v) is 5.20. The van der Waals surface area contributed by atoms with Crippen LogP contribution in [0.25, 0.3) is 17.3 Å². The quantitative estimate of drug-likeness (QED) is 0.413. The van der Waals surface area contributed by atoms with Gasteiger partial charge in [-0.15, -0.1) is 11.3 Å². The summed E-state index contributed by atoms with van der Waals surface area (Å²) in [5, 5.41) is 5.03. The van der Waals surface area contributed by atoms with Crippen molar-refractivity contribution in [2.75, 3.05) is 19.0 Å². The molecule has 3 rings (SSSR count). The Morgan fingerprint density at radius 3 is 2.68 bits per heavy atom. The zero-order valence-electron chi connectivity index (χ0n) is 17.7. The van der Waals surface area contributed by atoms with Crippen LogP contribution in [0.3, 0.4) is 0 Å². The third-order valence-electron chi connectivity index (χ3n) is 4.44. The van der Waals surface area contributed by atoms with E-state index in [9.17, 15) is 9.18 Å². The van der Waals surface area contributed by atoms with Crippen LogP contribution < -0.4 is 14.8 Å². The fourth-order valence-corrected chi connectivity index (χ4v) is 3.44. The standard InChI is InChI=1S/C24H25FN2O3S/c1-16(2)12-13-30-21-10-4-17(14-22(21)29-3)5-11-23(28)27-24-26-20(15-31-24)18-6-8-19(25)9-7-18/h4-11,14-16H,12-13H2,1-3H3,(H,26,27,28). The Bertz CT molecular complexity index is 1050. The molecule has 0 bridgehead atoms. The van der Waals surface area contributed by atoms with Gasteiger partial charge in [0.15, 0.2) is 16.6 Å². The number of carbonyl (C=O) groups is 1. The van der Waals surface area contributed by atoms with Gasteiger partial charge in [-0.3, -0.25) is 10.1 Å². The molecule has 31 heavy (non-hydrogen) atoms. The zero-order valence-corrected chi connectivity index (χ0v) is 18.5. The first kappa shape index (κ1) is 22.5. The van der Waals surface area contributed by atoms with Crippen LogP contribution in [-0.4, -0.2) is 24.6 Å². The van der Waals surface area contributed by atoms with E-state index in [1.54, 1.807) is 25.3 Å².